The predicted molar refractivity (Wildman–Crippen MR) is 111 cm³/mol. The number of hydrogen-bond acceptors (Lipinski definition) is 3. The number of amides is 1. The first kappa shape index (κ1) is 22.5. The topological polar surface area (TPSA) is 46.6 Å². The molecule has 0 N–H and O–H groups in total. The predicted octanol–water partition coefficient (Wildman–Crippen LogP) is 5.34. The third-order valence-electron chi connectivity index (χ3n) is 5.31. The third-order valence-corrected chi connectivity index (χ3v) is 6.02. The van der Waals surface area contributed by atoms with Crippen LogP contribution in [0, 0.1) is 0 Å². The van der Waals surface area contributed by atoms with Gasteiger partial charge in [0.05, 0.1) is 19.1 Å². The number of rotatable bonds is 5. The van der Waals surface area contributed by atoms with Gasteiger partial charge in [-0.1, -0.05) is 47.5 Å². The summed E-state index contributed by atoms with van der Waals surface area (Å²) in [5.41, 5.74) is 1.13. The Bertz CT molecular complexity index is 961. The van der Waals surface area contributed by atoms with Gasteiger partial charge in [0.15, 0.2) is 0 Å². The van der Waals surface area contributed by atoms with E-state index in [2.05, 4.69) is 4.74 Å². The number of halogens is 4. The summed E-state index contributed by atoms with van der Waals surface area (Å²) in [6.45, 7) is 3.36. The van der Waals surface area contributed by atoms with Gasteiger partial charge in [-0.05, 0) is 49.1 Å². The van der Waals surface area contributed by atoms with Gasteiger partial charge in [-0.25, -0.2) is 4.79 Å². The molecular formula is C22H21Cl2F2NO3. The molecule has 0 bridgehead atoms. The minimum absolute atomic E-state index is 0.0108. The molecule has 30 heavy (non-hydrogen) atoms. The van der Waals surface area contributed by atoms with Crippen LogP contribution in [0.1, 0.15) is 42.1 Å². The molecule has 0 saturated heterocycles. The SMILES string of the molecule is CCOC(=O)C(F)(F)c1cccc2c1CCN(C(=O)Cc1c(Cl)cccc1Cl)[C@H]2C. The van der Waals surface area contributed by atoms with Gasteiger partial charge in [0.25, 0.3) is 0 Å². The number of nitrogens with zero attached hydrogens (tertiary/aromatic N) is 1. The lowest BCUT2D eigenvalue weighted by Gasteiger charge is -2.37. The molecule has 1 heterocycles. The van der Waals surface area contributed by atoms with Crippen LogP contribution in [0.5, 0.6) is 0 Å². The number of carbonyl (C=O) groups is 2. The highest BCUT2D eigenvalue weighted by Crippen LogP contribution is 2.39. The van der Waals surface area contributed by atoms with Crippen molar-refractivity contribution in [3.8, 4) is 0 Å². The molecule has 0 aliphatic carbocycles. The normalized spacial score (nSPS) is 16.2. The fraction of sp³-hybridized carbons (Fsp3) is 0.364. The Morgan fingerprint density at radius 2 is 1.80 bits per heavy atom. The molecule has 0 spiro atoms. The maximum absolute atomic E-state index is 14.7. The van der Waals surface area contributed by atoms with Gasteiger partial charge >= 0.3 is 11.9 Å². The highest BCUT2D eigenvalue weighted by molar-refractivity contribution is 6.36. The van der Waals surface area contributed by atoms with E-state index in [1.807, 2.05) is 0 Å². The van der Waals surface area contributed by atoms with Crippen molar-refractivity contribution in [2.24, 2.45) is 0 Å². The second-order valence-electron chi connectivity index (χ2n) is 7.06. The summed E-state index contributed by atoms with van der Waals surface area (Å²) >= 11 is 12.3. The van der Waals surface area contributed by atoms with E-state index in [9.17, 15) is 18.4 Å². The molecule has 1 aliphatic heterocycles. The van der Waals surface area contributed by atoms with Crippen LogP contribution in [0.3, 0.4) is 0 Å². The number of fused-ring (bicyclic) bond motifs is 1. The Morgan fingerprint density at radius 3 is 2.43 bits per heavy atom. The lowest BCUT2D eigenvalue weighted by molar-refractivity contribution is -0.173. The summed E-state index contributed by atoms with van der Waals surface area (Å²) in [4.78, 5) is 26.4. The summed E-state index contributed by atoms with van der Waals surface area (Å²) in [5, 5.41) is 0.801. The number of benzene rings is 2. The van der Waals surface area contributed by atoms with Crippen molar-refractivity contribution in [1.82, 2.24) is 4.90 Å². The van der Waals surface area contributed by atoms with Crippen LogP contribution in [0.2, 0.25) is 10.0 Å². The third kappa shape index (κ3) is 4.16. The van der Waals surface area contributed by atoms with Crippen LogP contribution in [0.4, 0.5) is 8.78 Å². The van der Waals surface area contributed by atoms with Crippen molar-refractivity contribution in [1.29, 1.82) is 0 Å². The van der Waals surface area contributed by atoms with Crippen molar-refractivity contribution >= 4 is 35.1 Å². The molecule has 0 unspecified atom stereocenters. The van der Waals surface area contributed by atoms with E-state index in [4.69, 9.17) is 23.2 Å². The molecule has 1 atom stereocenters. The van der Waals surface area contributed by atoms with Crippen LogP contribution < -0.4 is 0 Å². The van der Waals surface area contributed by atoms with E-state index in [1.165, 1.54) is 19.1 Å². The number of esters is 1. The number of alkyl halides is 2. The van der Waals surface area contributed by atoms with Crippen molar-refractivity contribution in [2.75, 3.05) is 13.2 Å². The maximum Gasteiger partial charge on any atom is 0.381 e. The average Bonchev–Trinajstić information content (AvgIpc) is 2.70. The fourth-order valence-electron chi connectivity index (χ4n) is 3.79. The Morgan fingerprint density at radius 1 is 1.17 bits per heavy atom. The van der Waals surface area contributed by atoms with E-state index < -0.39 is 17.9 Å². The quantitative estimate of drug-likeness (QED) is 0.571. The minimum Gasteiger partial charge on any atom is -0.461 e. The molecule has 0 aromatic heterocycles. The Balaban J connectivity index is 1.89. The number of ether oxygens (including phenoxy) is 1. The van der Waals surface area contributed by atoms with E-state index >= 15 is 0 Å². The second-order valence-corrected chi connectivity index (χ2v) is 7.87. The lowest BCUT2D eigenvalue weighted by Crippen LogP contribution is -2.41. The molecule has 160 valence electrons. The van der Waals surface area contributed by atoms with Crippen LogP contribution in [0.25, 0.3) is 0 Å². The number of carbonyl (C=O) groups excluding carboxylic acids is 2. The molecule has 8 heteroatoms. The van der Waals surface area contributed by atoms with Crippen LogP contribution in [-0.2, 0) is 33.1 Å². The summed E-state index contributed by atoms with van der Waals surface area (Å²) in [6, 6.07) is 8.99. The molecule has 0 radical (unpaired) electrons. The van der Waals surface area contributed by atoms with E-state index in [1.54, 1.807) is 36.1 Å². The molecule has 0 fully saturated rings. The first-order chi connectivity index (χ1) is 14.2. The summed E-state index contributed by atoms with van der Waals surface area (Å²) in [5.74, 6) is -5.53. The highest BCUT2D eigenvalue weighted by Gasteiger charge is 2.45. The van der Waals surface area contributed by atoms with Gasteiger partial charge in [-0.2, -0.15) is 8.78 Å². The Hall–Kier alpha value is -2.18. The number of hydrogen-bond donors (Lipinski definition) is 0. The van der Waals surface area contributed by atoms with Gasteiger partial charge in [0, 0.05) is 22.2 Å². The van der Waals surface area contributed by atoms with Crippen LogP contribution in [0.15, 0.2) is 36.4 Å². The molecule has 1 aliphatic rings. The lowest BCUT2D eigenvalue weighted by atomic mass is 9.87. The Labute approximate surface area is 183 Å². The fourth-order valence-corrected chi connectivity index (χ4v) is 4.32. The molecule has 4 nitrogen and oxygen atoms in total. The van der Waals surface area contributed by atoms with Gasteiger partial charge in [-0.3, -0.25) is 4.79 Å². The summed E-state index contributed by atoms with van der Waals surface area (Å²) < 4.78 is 33.9. The molecule has 2 aromatic rings. The van der Waals surface area contributed by atoms with Gasteiger partial charge in [0.2, 0.25) is 5.91 Å². The molecule has 2 aromatic carbocycles. The molecular weight excluding hydrogens is 435 g/mol. The van der Waals surface area contributed by atoms with E-state index in [0.29, 0.717) is 26.7 Å². The minimum atomic E-state index is -3.75. The van der Waals surface area contributed by atoms with Crippen LogP contribution >= 0.6 is 23.2 Å². The molecule has 3 rings (SSSR count). The largest absolute Gasteiger partial charge is 0.461 e. The first-order valence-electron chi connectivity index (χ1n) is 9.58. The molecule has 1 amide bonds. The zero-order chi connectivity index (χ0) is 22.1. The monoisotopic (exact) mass is 455 g/mol. The maximum atomic E-state index is 14.7. The summed E-state index contributed by atoms with van der Waals surface area (Å²) in [6.07, 6.45) is 0.212. The smallest absolute Gasteiger partial charge is 0.381 e. The van der Waals surface area contributed by atoms with Gasteiger partial charge in [0.1, 0.15) is 0 Å². The van der Waals surface area contributed by atoms with E-state index in [-0.39, 0.29) is 37.5 Å². The Kier molecular flexibility index (Phi) is 6.68. The van der Waals surface area contributed by atoms with Crippen molar-refractivity contribution in [2.45, 2.75) is 38.7 Å². The second kappa shape index (κ2) is 8.90. The average molecular weight is 456 g/mol. The molecule has 0 saturated carbocycles. The first-order valence-corrected chi connectivity index (χ1v) is 10.3. The highest BCUT2D eigenvalue weighted by atomic mass is 35.5. The zero-order valence-corrected chi connectivity index (χ0v) is 18.1. The standard InChI is InChI=1S/C22H21Cl2F2NO3/c1-3-30-21(29)22(25,26)17-7-4-6-14-13(2)27(11-10-15(14)17)20(28)12-16-18(23)8-5-9-19(16)24/h4-9,13H,3,10-12H2,1-2H3/t13-/m0/s1. The van der Waals surface area contributed by atoms with Crippen molar-refractivity contribution in [3.63, 3.8) is 0 Å². The van der Waals surface area contributed by atoms with Gasteiger partial charge in [-0.15, -0.1) is 0 Å². The summed E-state index contributed by atoms with van der Waals surface area (Å²) in [7, 11) is 0. The van der Waals surface area contributed by atoms with Crippen molar-refractivity contribution < 1.29 is 23.1 Å². The van der Waals surface area contributed by atoms with Crippen LogP contribution in [-0.4, -0.2) is 29.9 Å². The van der Waals surface area contributed by atoms with E-state index in [0.717, 1.165) is 0 Å². The zero-order valence-electron chi connectivity index (χ0n) is 16.6. The van der Waals surface area contributed by atoms with Gasteiger partial charge < -0.3 is 9.64 Å². The van der Waals surface area contributed by atoms with Crippen molar-refractivity contribution in [3.05, 3.63) is 68.7 Å².